The lowest BCUT2D eigenvalue weighted by atomic mass is 10.1. The summed E-state index contributed by atoms with van der Waals surface area (Å²) in [6, 6.07) is 6.58. The molecule has 182 valence electrons. The molecule has 11 heteroatoms. The molecule has 2 N–H and O–H groups in total. The van der Waals surface area contributed by atoms with Crippen molar-refractivity contribution in [1.29, 1.82) is 5.26 Å². The number of piperazine rings is 1. The summed E-state index contributed by atoms with van der Waals surface area (Å²) < 4.78 is 0. The molecule has 0 aromatic carbocycles. The Balaban J connectivity index is 1.44. The second kappa shape index (κ2) is 10.5. The molecule has 1 saturated heterocycles. The predicted molar refractivity (Wildman–Crippen MR) is 130 cm³/mol. The van der Waals surface area contributed by atoms with Gasteiger partial charge in [-0.15, -0.1) is 0 Å². The minimum Gasteiger partial charge on any atom is -0.384 e. The molecule has 2 aromatic heterocycles. The van der Waals surface area contributed by atoms with Crippen molar-refractivity contribution in [3.63, 3.8) is 0 Å². The maximum atomic E-state index is 12.8. The van der Waals surface area contributed by atoms with Crippen LogP contribution in [0.5, 0.6) is 0 Å². The van der Waals surface area contributed by atoms with E-state index in [1.807, 2.05) is 11.9 Å². The Morgan fingerprint density at radius 2 is 2.14 bits per heavy atom. The van der Waals surface area contributed by atoms with Crippen LogP contribution in [-0.2, 0) is 11.3 Å². The van der Waals surface area contributed by atoms with E-state index in [2.05, 4.69) is 26.7 Å². The summed E-state index contributed by atoms with van der Waals surface area (Å²) in [7, 11) is 3.42. The number of hydrogen-bond donors (Lipinski definition) is 2. The zero-order valence-corrected chi connectivity index (χ0v) is 19.8. The van der Waals surface area contributed by atoms with Gasteiger partial charge in [-0.3, -0.25) is 24.7 Å². The Morgan fingerprint density at radius 1 is 1.34 bits per heavy atom. The van der Waals surface area contributed by atoms with E-state index < -0.39 is 6.03 Å². The van der Waals surface area contributed by atoms with E-state index in [1.165, 1.54) is 31.0 Å². The second-order valence-electron chi connectivity index (χ2n) is 8.93. The number of amides is 3. The van der Waals surface area contributed by atoms with Crippen LogP contribution in [0.25, 0.3) is 0 Å². The zero-order chi connectivity index (χ0) is 24.9. The number of hydrogen-bond acceptors (Lipinski definition) is 8. The topological polar surface area (TPSA) is 135 Å². The molecular formula is C24H28N8O3. The normalized spacial score (nSPS) is 15.9. The number of rotatable bonds is 8. The molecule has 1 saturated carbocycles. The minimum absolute atomic E-state index is 0.00271. The number of aromatic nitrogens is 2. The Morgan fingerprint density at radius 3 is 2.83 bits per heavy atom. The van der Waals surface area contributed by atoms with Gasteiger partial charge in [-0.05, 0) is 31.9 Å². The molecule has 2 aliphatic rings. The predicted octanol–water partition coefficient (Wildman–Crippen LogP) is 1.92. The minimum atomic E-state index is -0.498. The van der Waals surface area contributed by atoms with Gasteiger partial charge in [0.1, 0.15) is 23.4 Å². The number of nitrogens with zero attached hydrogens (tertiary/aromatic N) is 6. The Kier molecular flexibility index (Phi) is 7.22. The molecule has 4 rings (SSSR count). The van der Waals surface area contributed by atoms with Crippen molar-refractivity contribution in [2.75, 3.05) is 55.8 Å². The molecule has 1 aliphatic carbocycles. The Hall–Kier alpha value is -4.04. The Labute approximate surface area is 203 Å². The van der Waals surface area contributed by atoms with Crippen LogP contribution < -0.4 is 15.5 Å². The summed E-state index contributed by atoms with van der Waals surface area (Å²) in [5, 5.41) is 15.3. The highest BCUT2D eigenvalue weighted by Gasteiger charge is 2.24. The summed E-state index contributed by atoms with van der Waals surface area (Å²) in [4.78, 5) is 50.2. The van der Waals surface area contributed by atoms with E-state index in [9.17, 15) is 19.6 Å². The van der Waals surface area contributed by atoms with Gasteiger partial charge < -0.3 is 10.2 Å². The molecule has 0 unspecified atom stereocenters. The molecule has 3 heterocycles. The van der Waals surface area contributed by atoms with Crippen LogP contribution in [0.15, 0.2) is 24.4 Å². The van der Waals surface area contributed by atoms with Crippen molar-refractivity contribution < 1.29 is 14.4 Å². The van der Waals surface area contributed by atoms with E-state index in [1.54, 1.807) is 23.1 Å². The zero-order valence-electron chi connectivity index (χ0n) is 19.8. The number of carbonyl (C=O) groups is 3. The molecule has 3 amide bonds. The van der Waals surface area contributed by atoms with Crippen LogP contribution in [-0.4, -0.2) is 78.3 Å². The third kappa shape index (κ3) is 5.91. The van der Waals surface area contributed by atoms with Crippen molar-refractivity contribution >= 4 is 35.5 Å². The standard InChI is InChI=1S/C24H28N8O3/c1-30-7-8-32(23(34)14-30)13-17-5-6-22(28-20(17)15-33)31(2)24(35)29-21-9-19(18(10-25)12-27-21)26-11-16-3-4-16/h5-6,9,12,15-16H,3-4,7-8,11,13-14H2,1-2H3,(H2,26,27,29,35). The van der Waals surface area contributed by atoms with Gasteiger partial charge in [-0.25, -0.2) is 14.8 Å². The van der Waals surface area contributed by atoms with Gasteiger partial charge in [0, 0.05) is 51.1 Å². The van der Waals surface area contributed by atoms with E-state index in [0.29, 0.717) is 47.9 Å². The first-order valence-corrected chi connectivity index (χ1v) is 11.5. The van der Waals surface area contributed by atoms with Gasteiger partial charge in [-0.2, -0.15) is 5.26 Å². The summed E-state index contributed by atoms with van der Waals surface area (Å²) in [6.07, 6.45) is 4.40. The molecule has 2 aromatic rings. The highest BCUT2D eigenvalue weighted by molar-refractivity contribution is 6.00. The number of anilines is 3. The third-order valence-electron chi connectivity index (χ3n) is 6.17. The SMILES string of the molecule is CN1CCN(Cc2ccc(N(C)C(=O)Nc3cc(NCC4CC4)c(C#N)cn3)nc2C=O)C(=O)C1. The van der Waals surface area contributed by atoms with Crippen molar-refractivity contribution in [1.82, 2.24) is 19.8 Å². The van der Waals surface area contributed by atoms with E-state index in [0.717, 1.165) is 13.1 Å². The smallest absolute Gasteiger partial charge is 0.328 e. The van der Waals surface area contributed by atoms with Crippen molar-refractivity contribution in [2.24, 2.45) is 5.92 Å². The fourth-order valence-corrected chi connectivity index (χ4v) is 3.75. The molecule has 2 fully saturated rings. The summed E-state index contributed by atoms with van der Waals surface area (Å²) >= 11 is 0. The average Bonchev–Trinajstić information content (AvgIpc) is 3.69. The summed E-state index contributed by atoms with van der Waals surface area (Å²) in [6.45, 7) is 2.74. The molecule has 0 radical (unpaired) electrons. The molecule has 0 spiro atoms. The average molecular weight is 477 g/mol. The monoisotopic (exact) mass is 476 g/mol. The quantitative estimate of drug-likeness (QED) is 0.552. The fraction of sp³-hybridized carbons (Fsp3) is 0.417. The molecule has 35 heavy (non-hydrogen) atoms. The van der Waals surface area contributed by atoms with Crippen LogP contribution in [0.1, 0.15) is 34.5 Å². The lowest BCUT2D eigenvalue weighted by Gasteiger charge is -2.32. The molecular weight excluding hydrogens is 448 g/mol. The van der Waals surface area contributed by atoms with Crippen LogP contribution in [0, 0.1) is 17.2 Å². The number of nitrogens with one attached hydrogen (secondary N) is 2. The maximum absolute atomic E-state index is 12.8. The van der Waals surface area contributed by atoms with Gasteiger partial charge in [0.25, 0.3) is 0 Å². The summed E-state index contributed by atoms with van der Waals surface area (Å²) in [5.74, 6) is 1.19. The highest BCUT2D eigenvalue weighted by Crippen LogP contribution is 2.30. The van der Waals surface area contributed by atoms with Crippen LogP contribution in [0.3, 0.4) is 0 Å². The van der Waals surface area contributed by atoms with Gasteiger partial charge in [0.15, 0.2) is 6.29 Å². The number of likely N-dealkylation sites (N-methyl/N-ethyl adjacent to an activating group) is 1. The van der Waals surface area contributed by atoms with Gasteiger partial charge in [0.2, 0.25) is 5.91 Å². The fourth-order valence-electron chi connectivity index (χ4n) is 3.75. The second-order valence-corrected chi connectivity index (χ2v) is 8.93. The molecule has 1 aliphatic heterocycles. The Bertz CT molecular complexity index is 1170. The first-order valence-electron chi connectivity index (χ1n) is 11.5. The lowest BCUT2D eigenvalue weighted by Crippen LogP contribution is -2.48. The highest BCUT2D eigenvalue weighted by atomic mass is 16.2. The molecule has 11 nitrogen and oxygen atoms in total. The number of urea groups is 1. The summed E-state index contributed by atoms with van der Waals surface area (Å²) in [5.41, 5.74) is 1.83. The first-order chi connectivity index (χ1) is 16.9. The van der Waals surface area contributed by atoms with Crippen molar-refractivity contribution in [3.8, 4) is 6.07 Å². The third-order valence-corrected chi connectivity index (χ3v) is 6.17. The number of carbonyl (C=O) groups excluding carboxylic acids is 3. The number of aldehydes is 1. The maximum Gasteiger partial charge on any atom is 0.328 e. The number of nitriles is 1. The van der Waals surface area contributed by atoms with Gasteiger partial charge in [0.05, 0.1) is 17.8 Å². The van der Waals surface area contributed by atoms with Gasteiger partial charge >= 0.3 is 6.03 Å². The van der Waals surface area contributed by atoms with E-state index in [4.69, 9.17) is 0 Å². The van der Waals surface area contributed by atoms with Crippen molar-refractivity contribution in [3.05, 3.63) is 41.2 Å². The lowest BCUT2D eigenvalue weighted by molar-refractivity contribution is -0.136. The van der Waals surface area contributed by atoms with Crippen LogP contribution >= 0.6 is 0 Å². The number of pyridine rings is 2. The van der Waals surface area contributed by atoms with Gasteiger partial charge in [-0.1, -0.05) is 6.07 Å². The first kappa shape index (κ1) is 24.1. The van der Waals surface area contributed by atoms with Crippen LogP contribution in [0.4, 0.5) is 22.1 Å². The molecule has 0 atom stereocenters. The van der Waals surface area contributed by atoms with Crippen LogP contribution in [0.2, 0.25) is 0 Å². The van der Waals surface area contributed by atoms with E-state index >= 15 is 0 Å². The molecule has 0 bridgehead atoms. The van der Waals surface area contributed by atoms with Crippen molar-refractivity contribution in [2.45, 2.75) is 19.4 Å². The van der Waals surface area contributed by atoms with E-state index in [-0.39, 0.29) is 24.0 Å². The largest absolute Gasteiger partial charge is 0.384 e.